The molecule has 0 amide bonds. The van der Waals surface area contributed by atoms with Gasteiger partial charge in [0.2, 0.25) is 0 Å². The Bertz CT molecular complexity index is 286. The Labute approximate surface area is 70.1 Å². The molecule has 1 rings (SSSR count). The maximum absolute atomic E-state index is 10.8. The maximum Gasteiger partial charge on any atom is 0.322 e. The highest BCUT2D eigenvalue weighted by Crippen LogP contribution is 2.18. The molecular formula is C5H10N2O4S. The Balaban J connectivity index is 2.85. The van der Waals surface area contributed by atoms with Crippen LogP contribution in [0.4, 0.5) is 0 Å². The summed E-state index contributed by atoms with van der Waals surface area (Å²) in [6.07, 6.45) is 0.888. The molecule has 0 aliphatic carbocycles. The van der Waals surface area contributed by atoms with E-state index in [9.17, 15) is 13.2 Å². The molecule has 6 nitrogen and oxygen atoms in total. The van der Waals surface area contributed by atoms with Crippen LogP contribution in [0.15, 0.2) is 0 Å². The van der Waals surface area contributed by atoms with Crippen LogP contribution in [0.25, 0.3) is 0 Å². The first kappa shape index (κ1) is 9.43. The van der Waals surface area contributed by atoms with E-state index in [0.29, 0.717) is 12.8 Å². The molecule has 1 heterocycles. The molecule has 12 heavy (non-hydrogen) atoms. The number of carboxylic acids is 1. The van der Waals surface area contributed by atoms with Gasteiger partial charge in [-0.25, -0.2) is 5.14 Å². The van der Waals surface area contributed by atoms with Gasteiger partial charge in [0.15, 0.2) is 0 Å². The second kappa shape index (κ2) is 3.00. The topological polar surface area (TPSA) is 101 Å². The first-order valence-electron chi connectivity index (χ1n) is 3.45. The molecular weight excluding hydrogens is 184 g/mol. The first-order chi connectivity index (χ1) is 5.43. The minimum Gasteiger partial charge on any atom is -0.480 e. The third kappa shape index (κ3) is 1.74. The van der Waals surface area contributed by atoms with E-state index in [0.717, 1.165) is 4.31 Å². The zero-order valence-electron chi connectivity index (χ0n) is 6.30. The molecule has 0 radical (unpaired) electrons. The summed E-state index contributed by atoms with van der Waals surface area (Å²) in [5.74, 6) is -1.14. The van der Waals surface area contributed by atoms with Crippen molar-refractivity contribution in [2.24, 2.45) is 5.14 Å². The molecule has 1 aliphatic heterocycles. The average Bonchev–Trinajstić information content (AvgIpc) is 2.30. The summed E-state index contributed by atoms with van der Waals surface area (Å²) in [4.78, 5) is 10.5. The number of nitrogens with zero attached hydrogens (tertiary/aromatic N) is 1. The van der Waals surface area contributed by atoms with Gasteiger partial charge in [-0.05, 0) is 12.8 Å². The third-order valence-electron chi connectivity index (χ3n) is 1.82. The van der Waals surface area contributed by atoms with E-state index in [2.05, 4.69) is 0 Å². The Morgan fingerprint density at radius 2 is 2.17 bits per heavy atom. The molecule has 0 spiro atoms. The van der Waals surface area contributed by atoms with Gasteiger partial charge in [0, 0.05) is 6.54 Å². The Morgan fingerprint density at radius 1 is 1.58 bits per heavy atom. The monoisotopic (exact) mass is 194 g/mol. The molecule has 3 N–H and O–H groups in total. The van der Waals surface area contributed by atoms with Crippen molar-refractivity contribution < 1.29 is 18.3 Å². The van der Waals surface area contributed by atoms with Gasteiger partial charge >= 0.3 is 5.97 Å². The largest absolute Gasteiger partial charge is 0.480 e. The predicted molar refractivity (Wildman–Crippen MR) is 40.5 cm³/mol. The summed E-state index contributed by atoms with van der Waals surface area (Å²) in [6.45, 7) is 0.204. The van der Waals surface area contributed by atoms with E-state index in [1.54, 1.807) is 0 Å². The average molecular weight is 194 g/mol. The van der Waals surface area contributed by atoms with Crippen molar-refractivity contribution >= 4 is 16.2 Å². The summed E-state index contributed by atoms with van der Waals surface area (Å²) in [5.41, 5.74) is 0. The number of aliphatic carboxylic acids is 1. The van der Waals surface area contributed by atoms with Crippen LogP contribution in [0.5, 0.6) is 0 Å². The van der Waals surface area contributed by atoms with Gasteiger partial charge < -0.3 is 5.11 Å². The second-order valence-corrected chi connectivity index (χ2v) is 4.15. The fraction of sp³-hybridized carbons (Fsp3) is 0.800. The van der Waals surface area contributed by atoms with Gasteiger partial charge in [0.05, 0.1) is 0 Å². The fourth-order valence-corrected chi connectivity index (χ4v) is 2.23. The first-order valence-corrected chi connectivity index (χ1v) is 4.95. The highest BCUT2D eigenvalue weighted by atomic mass is 32.2. The molecule has 70 valence electrons. The molecule has 1 aliphatic rings. The SMILES string of the molecule is NS(=O)(=O)N1CCCC1C(=O)O. The standard InChI is InChI=1S/C5H10N2O4S/c6-12(10,11)7-3-1-2-4(7)5(8)9/h4H,1-3H2,(H,8,9)(H2,6,10,11). The molecule has 1 fully saturated rings. The zero-order chi connectivity index (χ0) is 9.35. The number of hydrogen-bond donors (Lipinski definition) is 2. The fourth-order valence-electron chi connectivity index (χ4n) is 1.29. The van der Waals surface area contributed by atoms with Crippen LogP contribution in [-0.2, 0) is 15.0 Å². The summed E-state index contributed by atoms with van der Waals surface area (Å²) in [7, 11) is -3.84. The molecule has 7 heteroatoms. The lowest BCUT2D eigenvalue weighted by Gasteiger charge is -2.17. The van der Waals surface area contributed by atoms with E-state index in [-0.39, 0.29) is 6.54 Å². The van der Waals surface area contributed by atoms with Crippen molar-refractivity contribution in [3.8, 4) is 0 Å². The number of carboxylic acid groups (broad SMARTS) is 1. The molecule has 0 aromatic heterocycles. The highest BCUT2D eigenvalue weighted by Gasteiger charge is 2.36. The summed E-state index contributed by atoms with van der Waals surface area (Å²) in [5, 5.41) is 13.4. The molecule has 1 unspecified atom stereocenters. The van der Waals surface area contributed by atoms with E-state index in [1.165, 1.54) is 0 Å². The molecule has 0 bridgehead atoms. The van der Waals surface area contributed by atoms with E-state index < -0.39 is 22.2 Å². The predicted octanol–water partition coefficient (Wildman–Crippen LogP) is -1.26. The molecule has 1 atom stereocenters. The van der Waals surface area contributed by atoms with Gasteiger partial charge in [0.25, 0.3) is 10.2 Å². The van der Waals surface area contributed by atoms with Crippen molar-refractivity contribution in [3.05, 3.63) is 0 Å². The second-order valence-electron chi connectivity index (χ2n) is 2.65. The Morgan fingerprint density at radius 3 is 2.50 bits per heavy atom. The van der Waals surface area contributed by atoms with Crippen LogP contribution in [0.1, 0.15) is 12.8 Å². The number of carbonyl (C=O) groups is 1. The Kier molecular flexibility index (Phi) is 2.36. The Hall–Kier alpha value is -0.660. The van der Waals surface area contributed by atoms with E-state index in [4.69, 9.17) is 10.2 Å². The smallest absolute Gasteiger partial charge is 0.322 e. The summed E-state index contributed by atoms with van der Waals surface area (Å²) in [6, 6.07) is -0.972. The lowest BCUT2D eigenvalue weighted by atomic mass is 10.2. The van der Waals surface area contributed by atoms with Crippen molar-refractivity contribution in [3.63, 3.8) is 0 Å². The summed E-state index contributed by atoms with van der Waals surface area (Å²) < 4.78 is 22.4. The van der Waals surface area contributed by atoms with E-state index in [1.807, 2.05) is 0 Å². The van der Waals surface area contributed by atoms with Crippen LogP contribution in [0.3, 0.4) is 0 Å². The van der Waals surface area contributed by atoms with Crippen molar-refractivity contribution in [1.82, 2.24) is 4.31 Å². The van der Waals surface area contributed by atoms with Crippen LogP contribution in [-0.4, -0.2) is 36.4 Å². The van der Waals surface area contributed by atoms with Crippen LogP contribution in [0, 0.1) is 0 Å². The number of nitrogens with two attached hydrogens (primary N) is 1. The van der Waals surface area contributed by atoms with Gasteiger partial charge in [0.1, 0.15) is 6.04 Å². The van der Waals surface area contributed by atoms with Crippen LogP contribution >= 0.6 is 0 Å². The number of hydrogen-bond acceptors (Lipinski definition) is 3. The van der Waals surface area contributed by atoms with Crippen molar-refractivity contribution in [2.45, 2.75) is 18.9 Å². The molecule has 1 saturated heterocycles. The molecule has 0 aromatic rings. The molecule has 0 saturated carbocycles. The minimum absolute atomic E-state index is 0.204. The minimum atomic E-state index is -3.84. The zero-order valence-corrected chi connectivity index (χ0v) is 7.12. The lowest BCUT2D eigenvalue weighted by Crippen LogP contribution is -2.43. The van der Waals surface area contributed by atoms with Gasteiger partial charge in [-0.2, -0.15) is 12.7 Å². The van der Waals surface area contributed by atoms with E-state index >= 15 is 0 Å². The van der Waals surface area contributed by atoms with Gasteiger partial charge in [-0.3, -0.25) is 4.79 Å². The number of rotatable bonds is 2. The van der Waals surface area contributed by atoms with Crippen molar-refractivity contribution in [1.29, 1.82) is 0 Å². The quantitative estimate of drug-likeness (QED) is 0.572. The summed E-state index contributed by atoms with van der Waals surface area (Å²) >= 11 is 0. The van der Waals surface area contributed by atoms with Crippen LogP contribution in [0.2, 0.25) is 0 Å². The maximum atomic E-state index is 10.8. The van der Waals surface area contributed by atoms with Gasteiger partial charge in [-0.15, -0.1) is 0 Å². The van der Waals surface area contributed by atoms with Crippen LogP contribution < -0.4 is 5.14 Å². The van der Waals surface area contributed by atoms with Crippen molar-refractivity contribution in [2.75, 3.05) is 6.54 Å². The molecule has 0 aromatic carbocycles. The highest BCUT2D eigenvalue weighted by molar-refractivity contribution is 7.86. The third-order valence-corrected chi connectivity index (χ3v) is 2.91. The van der Waals surface area contributed by atoms with Gasteiger partial charge in [-0.1, -0.05) is 0 Å². The normalized spacial score (nSPS) is 25.9. The lowest BCUT2D eigenvalue weighted by molar-refractivity contribution is -0.140.